The van der Waals surface area contributed by atoms with Gasteiger partial charge in [0.25, 0.3) is 5.91 Å². The summed E-state index contributed by atoms with van der Waals surface area (Å²) in [6.07, 6.45) is 0. The van der Waals surface area contributed by atoms with E-state index in [1.165, 1.54) is 0 Å². The van der Waals surface area contributed by atoms with Crippen LogP contribution in [0, 0.1) is 6.92 Å². The van der Waals surface area contributed by atoms with E-state index in [2.05, 4.69) is 20.9 Å². The number of aryl methyl sites for hydroxylation is 1. The van der Waals surface area contributed by atoms with Crippen LogP contribution in [0.2, 0.25) is 5.02 Å². The molecular weight excluding hydrogens is 412 g/mol. The fourth-order valence-electron chi connectivity index (χ4n) is 2.48. The Morgan fingerprint density at radius 2 is 1.83 bits per heavy atom. The van der Waals surface area contributed by atoms with Gasteiger partial charge in [0.2, 0.25) is 0 Å². The smallest absolute Gasteiger partial charge is 0.325 e. The van der Waals surface area contributed by atoms with Crippen LogP contribution in [-0.4, -0.2) is 23.5 Å². The Bertz CT molecular complexity index is 1020. The summed E-state index contributed by atoms with van der Waals surface area (Å²) in [6, 6.07) is 13.4. The zero-order valence-electron chi connectivity index (χ0n) is 15.8. The largest absolute Gasteiger partial charge is 0.494 e. The summed E-state index contributed by atoms with van der Waals surface area (Å²) < 4.78 is 5.38. The first kappa shape index (κ1) is 20.6. The normalized spacial score (nSPS) is 10.3. The quantitative estimate of drug-likeness (QED) is 0.488. The van der Waals surface area contributed by atoms with Crippen molar-refractivity contribution in [2.24, 2.45) is 0 Å². The van der Waals surface area contributed by atoms with Gasteiger partial charge in [-0.05, 0) is 56.3 Å². The molecule has 1 heterocycles. The van der Waals surface area contributed by atoms with Crippen molar-refractivity contribution >= 4 is 51.4 Å². The van der Waals surface area contributed by atoms with Gasteiger partial charge in [-0.3, -0.25) is 10.1 Å². The van der Waals surface area contributed by atoms with Crippen molar-refractivity contribution in [1.29, 1.82) is 0 Å². The molecular formula is C20H19ClN4O3S. The second-order valence-electron chi connectivity index (χ2n) is 5.93. The van der Waals surface area contributed by atoms with Crippen LogP contribution >= 0.6 is 22.9 Å². The lowest BCUT2D eigenvalue weighted by molar-refractivity contribution is 0.102. The molecule has 0 saturated heterocycles. The topological polar surface area (TPSA) is 92.4 Å². The third-order valence-electron chi connectivity index (χ3n) is 3.73. The summed E-state index contributed by atoms with van der Waals surface area (Å²) >= 11 is 7.00. The Morgan fingerprint density at radius 1 is 1.07 bits per heavy atom. The minimum Gasteiger partial charge on any atom is -0.494 e. The summed E-state index contributed by atoms with van der Waals surface area (Å²) in [5.74, 6) is 0.434. The predicted molar refractivity (Wildman–Crippen MR) is 117 cm³/mol. The number of carbonyl (C=O) groups excluding carboxylic acids is 2. The maximum absolute atomic E-state index is 12.6. The summed E-state index contributed by atoms with van der Waals surface area (Å²) in [4.78, 5) is 29.4. The molecule has 3 amide bonds. The number of benzene rings is 2. The molecule has 0 spiro atoms. The van der Waals surface area contributed by atoms with E-state index in [1.807, 2.05) is 6.92 Å². The lowest BCUT2D eigenvalue weighted by Crippen LogP contribution is -2.19. The van der Waals surface area contributed by atoms with E-state index >= 15 is 0 Å². The van der Waals surface area contributed by atoms with Crippen LogP contribution in [0.3, 0.4) is 0 Å². The lowest BCUT2D eigenvalue weighted by Gasteiger charge is -2.06. The van der Waals surface area contributed by atoms with Crippen molar-refractivity contribution in [1.82, 2.24) is 4.98 Å². The van der Waals surface area contributed by atoms with Crippen LogP contribution in [0.1, 0.15) is 22.3 Å². The zero-order chi connectivity index (χ0) is 20.8. The van der Waals surface area contributed by atoms with Crippen LogP contribution in [0.15, 0.2) is 48.5 Å². The van der Waals surface area contributed by atoms with Crippen LogP contribution in [0.25, 0.3) is 0 Å². The highest BCUT2D eigenvalue weighted by Gasteiger charge is 2.17. The third-order valence-corrected chi connectivity index (χ3v) is 5.04. The van der Waals surface area contributed by atoms with Crippen molar-refractivity contribution in [3.8, 4) is 5.75 Å². The Balaban J connectivity index is 1.62. The average molecular weight is 431 g/mol. The monoisotopic (exact) mass is 430 g/mol. The van der Waals surface area contributed by atoms with Crippen LogP contribution in [0.4, 0.5) is 21.3 Å². The number of ether oxygens (including phenoxy) is 1. The second-order valence-corrected chi connectivity index (χ2v) is 7.37. The van der Waals surface area contributed by atoms with E-state index in [4.69, 9.17) is 16.3 Å². The van der Waals surface area contributed by atoms with Gasteiger partial charge >= 0.3 is 6.03 Å². The molecule has 0 fully saturated rings. The van der Waals surface area contributed by atoms with Crippen LogP contribution in [0.5, 0.6) is 5.75 Å². The maximum Gasteiger partial charge on any atom is 0.325 e. The molecule has 0 aliphatic rings. The molecule has 0 radical (unpaired) electrons. The number of hydrogen-bond acceptors (Lipinski definition) is 5. The summed E-state index contributed by atoms with van der Waals surface area (Å²) in [7, 11) is 0. The minimum atomic E-state index is -0.473. The molecule has 0 atom stereocenters. The zero-order valence-corrected chi connectivity index (χ0v) is 17.4. The number of urea groups is 1. The first-order valence-electron chi connectivity index (χ1n) is 8.80. The molecule has 0 aliphatic heterocycles. The molecule has 0 unspecified atom stereocenters. The number of rotatable bonds is 6. The molecule has 3 aromatic rings. The summed E-state index contributed by atoms with van der Waals surface area (Å²) in [6.45, 7) is 4.19. The molecule has 9 heteroatoms. The van der Waals surface area contributed by atoms with Gasteiger partial charge in [0.05, 0.1) is 12.3 Å². The average Bonchev–Trinajstić information content (AvgIpc) is 3.03. The highest BCUT2D eigenvalue weighted by molar-refractivity contribution is 7.17. The summed E-state index contributed by atoms with van der Waals surface area (Å²) in [5, 5.41) is 8.94. The minimum absolute atomic E-state index is 0.299. The fraction of sp³-hybridized carbons (Fsp3) is 0.150. The van der Waals surface area contributed by atoms with Crippen molar-refractivity contribution < 1.29 is 14.3 Å². The number of nitrogens with one attached hydrogen (secondary N) is 3. The van der Waals surface area contributed by atoms with E-state index in [9.17, 15) is 9.59 Å². The Morgan fingerprint density at radius 3 is 2.52 bits per heavy atom. The first-order valence-corrected chi connectivity index (χ1v) is 9.99. The van der Waals surface area contributed by atoms with Crippen molar-refractivity contribution in [2.45, 2.75) is 13.8 Å². The molecule has 3 N–H and O–H groups in total. The molecule has 29 heavy (non-hydrogen) atoms. The van der Waals surface area contributed by atoms with E-state index < -0.39 is 6.03 Å². The first-order chi connectivity index (χ1) is 13.9. The number of halogens is 1. The predicted octanol–water partition coefficient (Wildman–Crippen LogP) is 5.40. The number of anilines is 3. The molecule has 0 bridgehead atoms. The van der Waals surface area contributed by atoms with Gasteiger partial charge in [-0.1, -0.05) is 29.0 Å². The third kappa shape index (κ3) is 5.69. The molecule has 0 saturated carbocycles. The van der Waals surface area contributed by atoms with E-state index in [1.54, 1.807) is 55.5 Å². The highest BCUT2D eigenvalue weighted by atomic mass is 35.5. The van der Waals surface area contributed by atoms with Crippen LogP contribution < -0.4 is 20.7 Å². The van der Waals surface area contributed by atoms with Gasteiger partial charge in [0, 0.05) is 16.4 Å². The maximum atomic E-state index is 12.6. The number of carbonyl (C=O) groups is 2. The van der Waals surface area contributed by atoms with Crippen LogP contribution in [-0.2, 0) is 0 Å². The Kier molecular flexibility index (Phi) is 6.69. The Labute approximate surface area is 177 Å². The van der Waals surface area contributed by atoms with E-state index in [-0.39, 0.29) is 5.91 Å². The standard InChI is InChI=1S/C20H19ClN4O3S/c1-3-28-16-9-7-14(8-10-16)23-18(26)17-12(2)22-20(29-17)25-19(27)24-15-6-4-5-13(21)11-15/h4-11H,3H2,1-2H3,(H,23,26)(H2,22,24,25,27). The van der Waals surface area contributed by atoms with Crippen molar-refractivity contribution in [3.05, 3.63) is 64.1 Å². The van der Waals surface area contributed by atoms with Gasteiger partial charge in [-0.15, -0.1) is 0 Å². The van der Waals surface area contributed by atoms with E-state index in [0.29, 0.717) is 38.7 Å². The number of nitrogens with zero attached hydrogens (tertiary/aromatic N) is 1. The van der Waals surface area contributed by atoms with E-state index in [0.717, 1.165) is 17.1 Å². The molecule has 7 nitrogen and oxygen atoms in total. The number of amides is 3. The molecule has 3 rings (SSSR count). The van der Waals surface area contributed by atoms with Gasteiger partial charge in [-0.25, -0.2) is 9.78 Å². The van der Waals surface area contributed by atoms with Gasteiger partial charge in [0.1, 0.15) is 10.6 Å². The lowest BCUT2D eigenvalue weighted by atomic mass is 10.3. The second kappa shape index (κ2) is 9.40. The number of aromatic nitrogens is 1. The van der Waals surface area contributed by atoms with Gasteiger partial charge in [0.15, 0.2) is 5.13 Å². The molecule has 1 aromatic heterocycles. The number of hydrogen-bond donors (Lipinski definition) is 3. The molecule has 0 aliphatic carbocycles. The van der Waals surface area contributed by atoms with Crippen molar-refractivity contribution in [2.75, 3.05) is 22.6 Å². The summed E-state index contributed by atoms with van der Waals surface area (Å²) in [5.41, 5.74) is 1.72. The van der Waals surface area contributed by atoms with Gasteiger partial charge in [-0.2, -0.15) is 0 Å². The van der Waals surface area contributed by atoms with Crippen molar-refractivity contribution in [3.63, 3.8) is 0 Å². The molecule has 150 valence electrons. The fourth-order valence-corrected chi connectivity index (χ4v) is 3.52. The molecule has 2 aromatic carbocycles. The number of thiazole rings is 1. The van der Waals surface area contributed by atoms with Gasteiger partial charge < -0.3 is 15.4 Å². The highest BCUT2D eigenvalue weighted by Crippen LogP contribution is 2.25. The Hall–Kier alpha value is -3.10. The SMILES string of the molecule is CCOc1ccc(NC(=O)c2sc(NC(=O)Nc3cccc(Cl)c3)nc2C)cc1.